The number of hydrogen-bond acceptors (Lipinski definition) is 5. The number of nitrogens with zero attached hydrogens (tertiary/aromatic N) is 5. The zero-order valence-electron chi connectivity index (χ0n) is 19.7. The highest BCUT2D eigenvalue weighted by molar-refractivity contribution is 6.21. The van der Waals surface area contributed by atoms with E-state index in [0.29, 0.717) is 29.8 Å². The molecule has 0 radical (unpaired) electrons. The number of benzene rings is 2. The first-order chi connectivity index (χ1) is 17.6. The molecule has 4 heterocycles. The van der Waals surface area contributed by atoms with Crippen molar-refractivity contribution in [2.45, 2.75) is 13.1 Å². The number of hydrogen-bond donors (Lipinski definition) is 0. The quantitative estimate of drug-likeness (QED) is 0.411. The molecule has 2 aliphatic heterocycles. The number of aromatic nitrogens is 2. The molecule has 0 spiro atoms. The van der Waals surface area contributed by atoms with Crippen molar-refractivity contribution in [1.82, 2.24) is 24.1 Å². The van der Waals surface area contributed by atoms with Crippen LogP contribution in [0.25, 0.3) is 5.65 Å². The minimum atomic E-state index is -0.297. The number of carbonyl (C=O) groups excluding carboxylic acids is 3. The molecule has 2 aromatic heterocycles. The molecule has 0 atom stereocenters. The van der Waals surface area contributed by atoms with E-state index in [-0.39, 0.29) is 24.3 Å². The van der Waals surface area contributed by atoms with Gasteiger partial charge in [0.2, 0.25) is 0 Å². The van der Waals surface area contributed by atoms with E-state index in [0.717, 1.165) is 36.5 Å². The number of imide groups is 1. The molecule has 8 nitrogen and oxygen atoms in total. The van der Waals surface area contributed by atoms with Crippen molar-refractivity contribution < 1.29 is 14.4 Å². The minimum absolute atomic E-state index is 0.0356. The Hall–Kier alpha value is -4.30. The van der Waals surface area contributed by atoms with Gasteiger partial charge in [0.15, 0.2) is 0 Å². The van der Waals surface area contributed by atoms with Crippen LogP contribution in [0, 0.1) is 0 Å². The predicted octanol–water partition coefficient (Wildman–Crippen LogP) is 3.09. The topological polar surface area (TPSA) is 78.2 Å². The molecule has 0 N–H and O–H groups in total. The van der Waals surface area contributed by atoms with Crippen molar-refractivity contribution in [1.29, 1.82) is 0 Å². The molecule has 3 amide bonds. The molecule has 2 aromatic carbocycles. The van der Waals surface area contributed by atoms with Crippen LogP contribution in [0.3, 0.4) is 0 Å². The van der Waals surface area contributed by atoms with Gasteiger partial charge in [-0.25, -0.2) is 4.98 Å². The van der Waals surface area contributed by atoms with Crippen LogP contribution in [-0.4, -0.2) is 68.0 Å². The molecule has 8 heteroatoms. The fourth-order valence-electron chi connectivity index (χ4n) is 4.95. The van der Waals surface area contributed by atoms with E-state index < -0.39 is 0 Å². The molecule has 36 heavy (non-hydrogen) atoms. The number of pyridine rings is 1. The summed E-state index contributed by atoms with van der Waals surface area (Å²) in [6.07, 6.45) is 4.04. The van der Waals surface area contributed by atoms with Gasteiger partial charge in [0.05, 0.1) is 23.4 Å². The first-order valence-corrected chi connectivity index (χ1v) is 12.1. The summed E-state index contributed by atoms with van der Waals surface area (Å²) in [5, 5.41) is 0. The number of piperazine rings is 1. The van der Waals surface area contributed by atoms with Crippen molar-refractivity contribution >= 4 is 23.4 Å². The fraction of sp³-hybridized carbons (Fsp3) is 0.214. The lowest BCUT2D eigenvalue weighted by atomic mass is 10.1. The van der Waals surface area contributed by atoms with Crippen LogP contribution in [-0.2, 0) is 13.1 Å². The van der Waals surface area contributed by atoms with Crippen LogP contribution in [0.1, 0.15) is 42.3 Å². The van der Waals surface area contributed by atoms with Gasteiger partial charge >= 0.3 is 0 Å². The maximum absolute atomic E-state index is 13.2. The smallest absolute Gasteiger partial charge is 0.261 e. The van der Waals surface area contributed by atoms with Crippen molar-refractivity contribution in [3.63, 3.8) is 0 Å². The van der Waals surface area contributed by atoms with E-state index >= 15 is 0 Å². The molecule has 0 aliphatic carbocycles. The molecule has 6 rings (SSSR count). The Labute approximate surface area is 208 Å². The van der Waals surface area contributed by atoms with Crippen molar-refractivity contribution in [3.05, 3.63) is 107 Å². The number of carbonyl (C=O) groups is 3. The molecule has 1 fully saturated rings. The lowest BCUT2D eigenvalue weighted by Crippen LogP contribution is -2.48. The number of rotatable bonds is 5. The molecule has 0 saturated carbocycles. The van der Waals surface area contributed by atoms with E-state index in [4.69, 9.17) is 0 Å². The molecule has 180 valence electrons. The first-order valence-electron chi connectivity index (χ1n) is 12.1. The predicted molar refractivity (Wildman–Crippen MR) is 133 cm³/mol. The lowest BCUT2D eigenvalue weighted by molar-refractivity contribution is 0.0625. The summed E-state index contributed by atoms with van der Waals surface area (Å²) in [5.41, 5.74) is 4.12. The molecule has 1 saturated heterocycles. The summed E-state index contributed by atoms with van der Waals surface area (Å²) in [6, 6.07) is 20.0. The zero-order chi connectivity index (χ0) is 24.6. The third-order valence-electron chi connectivity index (χ3n) is 6.85. The zero-order valence-corrected chi connectivity index (χ0v) is 19.7. The summed E-state index contributed by atoms with van der Waals surface area (Å²) >= 11 is 0. The second-order valence-electron chi connectivity index (χ2n) is 9.21. The van der Waals surface area contributed by atoms with Crippen LogP contribution in [0.4, 0.5) is 0 Å². The van der Waals surface area contributed by atoms with E-state index in [1.807, 2.05) is 46.0 Å². The van der Waals surface area contributed by atoms with Gasteiger partial charge in [-0.3, -0.25) is 24.2 Å². The maximum atomic E-state index is 13.2. The van der Waals surface area contributed by atoms with Gasteiger partial charge in [-0.1, -0.05) is 30.3 Å². The number of imidazole rings is 1. The summed E-state index contributed by atoms with van der Waals surface area (Å²) < 4.78 is 2.02. The van der Waals surface area contributed by atoms with Gasteiger partial charge in [-0.15, -0.1) is 0 Å². The van der Waals surface area contributed by atoms with Crippen LogP contribution >= 0.6 is 0 Å². The maximum Gasteiger partial charge on any atom is 0.261 e. The number of fused-ring (bicyclic) bond motifs is 2. The van der Waals surface area contributed by atoms with Gasteiger partial charge in [0, 0.05) is 50.7 Å². The second kappa shape index (κ2) is 9.05. The van der Waals surface area contributed by atoms with Gasteiger partial charge in [0.1, 0.15) is 5.65 Å². The Kier molecular flexibility index (Phi) is 5.58. The average Bonchev–Trinajstić information content (AvgIpc) is 3.43. The molecule has 4 aromatic rings. The van der Waals surface area contributed by atoms with Crippen LogP contribution in [0.2, 0.25) is 0 Å². The van der Waals surface area contributed by atoms with Crippen molar-refractivity contribution in [2.24, 2.45) is 0 Å². The standard InChI is InChI=1S/C28H25N5O3/c34-26(31-14-12-30(13-15-31)18-22-19-32-11-4-3-10-25(32)29-22)21-7-5-6-20(16-21)17-33-27(35)23-8-1-2-9-24(23)28(33)36/h1-11,16,19H,12-15,17-18H2. The van der Waals surface area contributed by atoms with Crippen LogP contribution in [0.15, 0.2) is 79.1 Å². The van der Waals surface area contributed by atoms with E-state index in [1.54, 1.807) is 42.5 Å². The van der Waals surface area contributed by atoms with Gasteiger partial charge < -0.3 is 9.30 Å². The summed E-state index contributed by atoms with van der Waals surface area (Å²) in [4.78, 5) is 48.7. The molecular formula is C28H25N5O3. The Morgan fingerprint density at radius 2 is 1.53 bits per heavy atom. The Morgan fingerprint density at radius 1 is 0.806 bits per heavy atom. The second-order valence-corrected chi connectivity index (χ2v) is 9.21. The third-order valence-corrected chi connectivity index (χ3v) is 6.85. The normalized spacial score (nSPS) is 16.1. The Bertz CT molecular complexity index is 1420. The Balaban J connectivity index is 1.08. The monoisotopic (exact) mass is 479 g/mol. The van der Waals surface area contributed by atoms with Crippen LogP contribution in [0.5, 0.6) is 0 Å². The fourth-order valence-corrected chi connectivity index (χ4v) is 4.95. The van der Waals surface area contributed by atoms with Crippen LogP contribution < -0.4 is 0 Å². The lowest BCUT2D eigenvalue weighted by Gasteiger charge is -2.34. The van der Waals surface area contributed by atoms with Gasteiger partial charge in [-0.2, -0.15) is 0 Å². The average molecular weight is 480 g/mol. The third kappa shape index (κ3) is 4.05. The Morgan fingerprint density at radius 3 is 2.25 bits per heavy atom. The van der Waals surface area contributed by atoms with E-state index in [9.17, 15) is 14.4 Å². The highest BCUT2D eigenvalue weighted by Crippen LogP contribution is 2.24. The van der Waals surface area contributed by atoms with E-state index in [1.165, 1.54) is 4.90 Å². The SMILES string of the molecule is O=C(c1cccc(CN2C(=O)c3ccccc3C2=O)c1)N1CCN(Cc2cn3ccccc3n2)CC1. The first kappa shape index (κ1) is 22.2. The van der Waals surface area contributed by atoms with Crippen molar-refractivity contribution in [3.8, 4) is 0 Å². The largest absolute Gasteiger partial charge is 0.336 e. The number of amides is 3. The highest BCUT2D eigenvalue weighted by atomic mass is 16.2. The molecular weight excluding hydrogens is 454 g/mol. The summed E-state index contributed by atoms with van der Waals surface area (Å²) in [6.45, 7) is 3.70. The summed E-state index contributed by atoms with van der Waals surface area (Å²) in [5.74, 6) is -0.630. The molecule has 0 bridgehead atoms. The minimum Gasteiger partial charge on any atom is -0.336 e. The van der Waals surface area contributed by atoms with E-state index in [2.05, 4.69) is 9.88 Å². The highest BCUT2D eigenvalue weighted by Gasteiger charge is 2.35. The molecule has 0 unspecified atom stereocenters. The van der Waals surface area contributed by atoms with Crippen molar-refractivity contribution in [2.75, 3.05) is 26.2 Å². The molecule has 2 aliphatic rings. The van der Waals surface area contributed by atoms with Gasteiger partial charge in [0.25, 0.3) is 17.7 Å². The summed E-state index contributed by atoms with van der Waals surface area (Å²) in [7, 11) is 0. The van der Waals surface area contributed by atoms with Gasteiger partial charge in [-0.05, 0) is 42.0 Å².